The monoisotopic (exact) mass is 917 g/mol. The summed E-state index contributed by atoms with van der Waals surface area (Å²) < 4.78 is 36.0. The number of rotatable bonds is 13. The van der Waals surface area contributed by atoms with Crippen LogP contribution in [0, 0.1) is 26.9 Å². The van der Waals surface area contributed by atoms with E-state index in [1.165, 1.54) is 24.0 Å². The zero-order valence-electron chi connectivity index (χ0n) is 38.8. The Bertz CT molecular complexity index is 2700. The normalized spacial score (nSPS) is 20.6. The molecule has 3 aromatic heterocycles. The predicted molar refractivity (Wildman–Crippen MR) is 257 cm³/mol. The second kappa shape index (κ2) is 18.2. The maximum atomic E-state index is 14.0. The number of benzene rings is 2. The number of aromatic nitrogens is 3. The summed E-state index contributed by atoms with van der Waals surface area (Å²) in [6.45, 7) is 14.4. The van der Waals surface area contributed by atoms with Crippen LogP contribution in [0.2, 0.25) is 0 Å². The number of hydrogen-bond donors (Lipinski definition) is 3. The number of carbonyl (C=O) groups is 1. The van der Waals surface area contributed by atoms with Gasteiger partial charge in [-0.3, -0.25) is 19.8 Å². The predicted octanol–water partition coefficient (Wildman–Crippen LogP) is 9.27. The molecular weight excluding hydrogens is 855 g/mol. The molecule has 4 fully saturated rings. The minimum absolute atomic E-state index is 0.0120. The van der Waals surface area contributed by atoms with Gasteiger partial charge < -0.3 is 24.8 Å². The fourth-order valence-electron chi connectivity index (χ4n) is 10.9. The number of nitro groups is 1. The van der Waals surface area contributed by atoms with E-state index in [9.17, 15) is 23.3 Å². The summed E-state index contributed by atoms with van der Waals surface area (Å²) in [5.41, 5.74) is 4.48. The van der Waals surface area contributed by atoms with Gasteiger partial charge >= 0.3 is 5.69 Å². The lowest BCUT2D eigenvalue weighted by Gasteiger charge is -2.58. The van der Waals surface area contributed by atoms with Gasteiger partial charge in [0.15, 0.2) is 0 Å². The molecule has 15 nitrogen and oxygen atoms in total. The van der Waals surface area contributed by atoms with Crippen molar-refractivity contribution in [3.63, 3.8) is 0 Å². The Hall–Kier alpha value is -5.58. The number of ether oxygens (including phenoxy) is 1. The van der Waals surface area contributed by atoms with Crippen molar-refractivity contribution < 1.29 is 22.9 Å². The molecule has 0 unspecified atom stereocenters. The lowest BCUT2D eigenvalue weighted by molar-refractivity contribution is -0.384. The molecule has 3 N–H and O–H groups in total. The van der Waals surface area contributed by atoms with Crippen LogP contribution >= 0.6 is 0 Å². The van der Waals surface area contributed by atoms with Crippen LogP contribution in [0.5, 0.6) is 11.5 Å². The Labute approximate surface area is 387 Å². The summed E-state index contributed by atoms with van der Waals surface area (Å²) in [5, 5.41) is 16.1. The molecule has 5 aromatic rings. The van der Waals surface area contributed by atoms with Crippen LogP contribution in [0.15, 0.2) is 84.1 Å². The number of nitrogens with zero attached hydrogens (tertiary/aromatic N) is 6. The number of hydrogen-bond acceptors (Lipinski definition) is 12. The first-order chi connectivity index (χ1) is 31.6. The second-order valence-electron chi connectivity index (χ2n) is 20.4. The van der Waals surface area contributed by atoms with Crippen LogP contribution in [0.3, 0.4) is 0 Å². The summed E-state index contributed by atoms with van der Waals surface area (Å²) in [5.74, 6) is 0.349. The Morgan fingerprint density at radius 1 is 0.970 bits per heavy atom. The lowest BCUT2D eigenvalue weighted by atomic mass is 9.59. The zero-order valence-corrected chi connectivity index (χ0v) is 39.6. The molecule has 2 aromatic carbocycles. The number of pyridine rings is 2. The maximum Gasteiger partial charge on any atom is 0.312 e. The van der Waals surface area contributed by atoms with Gasteiger partial charge in [0, 0.05) is 80.8 Å². The van der Waals surface area contributed by atoms with Crippen molar-refractivity contribution in [1.82, 2.24) is 29.5 Å². The number of sulfonamides is 1. The van der Waals surface area contributed by atoms with Crippen molar-refractivity contribution in [3.8, 4) is 11.5 Å². The van der Waals surface area contributed by atoms with Gasteiger partial charge in [-0.15, -0.1) is 0 Å². The smallest absolute Gasteiger partial charge is 0.312 e. The number of carbonyl (C=O) groups excluding carboxylic acids is 1. The SMILES string of the molecule is CC(C)c1ccccc1[C@H]1CN(C)CCN1C1CC2(CCN(c3ccc(C(=O)NS(=O)(=O)c4cnc(NCC5CCC(C)(C)CC5)c([N+](=O)[O-])c4)c(Oc4cnc5[nH]ccc5c4)c3)CC2)C1. The number of piperidine rings is 1. The van der Waals surface area contributed by atoms with E-state index in [1.807, 2.05) is 12.1 Å². The van der Waals surface area contributed by atoms with Crippen molar-refractivity contribution in [2.24, 2.45) is 16.7 Å². The van der Waals surface area contributed by atoms with E-state index in [-0.39, 0.29) is 28.0 Å². The Kier molecular flexibility index (Phi) is 12.6. The van der Waals surface area contributed by atoms with Gasteiger partial charge in [-0.05, 0) is 116 Å². The summed E-state index contributed by atoms with van der Waals surface area (Å²) in [7, 11) is -2.37. The second-order valence-corrected chi connectivity index (χ2v) is 22.1. The van der Waals surface area contributed by atoms with Crippen LogP contribution < -0.4 is 19.7 Å². The van der Waals surface area contributed by atoms with Crippen LogP contribution in [-0.4, -0.2) is 96.4 Å². The number of nitrogens with one attached hydrogen (secondary N) is 3. The first-order valence-corrected chi connectivity index (χ1v) is 25.0. The molecule has 0 bridgehead atoms. The quantitative estimate of drug-likeness (QED) is 0.0754. The van der Waals surface area contributed by atoms with Crippen molar-refractivity contribution in [2.75, 3.05) is 56.5 Å². The molecule has 16 heteroatoms. The Morgan fingerprint density at radius 2 is 1.73 bits per heavy atom. The van der Waals surface area contributed by atoms with E-state index in [1.54, 1.807) is 30.6 Å². The van der Waals surface area contributed by atoms with Gasteiger partial charge in [0.1, 0.15) is 22.0 Å². The summed E-state index contributed by atoms with van der Waals surface area (Å²) >= 11 is 0. The summed E-state index contributed by atoms with van der Waals surface area (Å²) in [6.07, 6.45) is 12.9. The molecule has 0 radical (unpaired) electrons. The van der Waals surface area contributed by atoms with Gasteiger partial charge in [-0.1, -0.05) is 52.0 Å². The van der Waals surface area contributed by atoms with E-state index < -0.39 is 31.4 Å². The van der Waals surface area contributed by atoms with Crippen molar-refractivity contribution in [3.05, 3.63) is 106 Å². The van der Waals surface area contributed by atoms with Crippen LogP contribution in [-0.2, 0) is 10.0 Å². The van der Waals surface area contributed by atoms with Gasteiger partial charge in [0.05, 0.1) is 22.9 Å². The third-order valence-corrected chi connectivity index (χ3v) is 16.3. The average Bonchev–Trinajstić information content (AvgIpc) is 3.76. The van der Waals surface area contributed by atoms with Crippen LogP contribution in [0.1, 0.15) is 113 Å². The number of H-pyrrole nitrogens is 1. The largest absolute Gasteiger partial charge is 0.455 e. The highest BCUT2D eigenvalue weighted by Crippen LogP contribution is 2.53. The summed E-state index contributed by atoms with van der Waals surface area (Å²) in [4.78, 5) is 44.3. The fraction of sp³-hybridized carbons (Fsp3) is 0.500. The molecule has 66 heavy (non-hydrogen) atoms. The van der Waals surface area contributed by atoms with Gasteiger partial charge in [-0.25, -0.2) is 23.1 Å². The molecule has 1 amide bonds. The van der Waals surface area contributed by atoms with Crippen molar-refractivity contribution in [1.29, 1.82) is 0 Å². The van der Waals surface area contributed by atoms with Crippen LogP contribution in [0.4, 0.5) is 17.2 Å². The molecule has 2 aliphatic carbocycles. The molecule has 2 saturated heterocycles. The zero-order chi connectivity index (χ0) is 46.4. The number of fused-ring (bicyclic) bond motifs is 1. The lowest BCUT2D eigenvalue weighted by Crippen LogP contribution is -2.59. The number of piperazine rings is 1. The molecule has 2 aliphatic heterocycles. The first-order valence-electron chi connectivity index (χ1n) is 23.5. The molecule has 1 spiro atoms. The number of likely N-dealkylation sites (N-methyl/N-ethyl adjacent to an activating group) is 1. The van der Waals surface area contributed by atoms with E-state index in [0.29, 0.717) is 41.9 Å². The minimum Gasteiger partial charge on any atom is -0.455 e. The van der Waals surface area contributed by atoms with Crippen LogP contribution in [0.25, 0.3) is 11.0 Å². The molecule has 2 saturated carbocycles. The number of amides is 1. The highest BCUT2D eigenvalue weighted by molar-refractivity contribution is 7.90. The maximum absolute atomic E-state index is 14.0. The van der Waals surface area contributed by atoms with E-state index in [4.69, 9.17) is 4.74 Å². The molecule has 1 atom stereocenters. The van der Waals surface area contributed by atoms with Gasteiger partial charge in [-0.2, -0.15) is 0 Å². The molecular formula is C50H63N9O6S. The fourth-order valence-corrected chi connectivity index (χ4v) is 11.8. The van der Waals surface area contributed by atoms with E-state index in [2.05, 4.69) is 98.7 Å². The molecule has 9 rings (SSSR count). The standard InChI is InChI=1S/C50H63N9O6S/c1-33(2)40-8-6-7-9-41(40)44-32-56(5)22-23-58(44)37-27-50(28-37)17-20-57(21-18-50)36-10-11-42(45(25-36)65-38-24-35-14-19-51-46(35)53-30-38)48(60)55-66(63,64)39-26-43(59(61)62)47(54-31-39)52-29-34-12-15-49(3,4)16-13-34/h6-11,14,19,24-26,30-31,33-34,37,44H,12-13,15-18,20-23,27-29,32H2,1-5H3,(H,51,53)(H,52,54)(H,55,60)/t44-/m1/s1. The highest BCUT2D eigenvalue weighted by Gasteiger charge is 2.50. The number of aromatic amines is 1. The van der Waals surface area contributed by atoms with Gasteiger partial charge in [0.2, 0.25) is 5.82 Å². The van der Waals surface area contributed by atoms with Gasteiger partial charge in [0.25, 0.3) is 15.9 Å². The van der Waals surface area contributed by atoms with E-state index in [0.717, 1.165) is 94.6 Å². The molecule has 4 aliphatic rings. The third-order valence-electron chi connectivity index (χ3n) is 15.0. The highest BCUT2D eigenvalue weighted by atomic mass is 32.2. The average molecular weight is 918 g/mol. The molecule has 350 valence electrons. The minimum atomic E-state index is -4.60. The van der Waals surface area contributed by atoms with Crippen molar-refractivity contribution >= 4 is 44.2 Å². The topological polar surface area (TPSA) is 179 Å². The first kappa shape index (κ1) is 45.6. The Morgan fingerprint density at radius 3 is 2.47 bits per heavy atom. The number of anilines is 2. The van der Waals surface area contributed by atoms with E-state index >= 15 is 0 Å². The summed E-state index contributed by atoms with van der Waals surface area (Å²) in [6, 6.07) is 19.7. The third kappa shape index (κ3) is 9.63. The molecule has 5 heterocycles. The van der Waals surface area contributed by atoms with Crippen molar-refractivity contribution in [2.45, 2.75) is 102 Å². The Balaban J connectivity index is 0.899.